The zero-order valence-corrected chi connectivity index (χ0v) is 5.25. The molecule has 1 aliphatic rings. The summed E-state index contributed by atoms with van der Waals surface area (Å²) in [7, 11) is 0. The number of carbonyl (C=O) groups is 2. The van der Waals surface area contributed by atoms with Gasteiger partial charge in [-0.15, -0.1) is 0 Å². The maximum absolute atomic E-state index is 10.5. The highest BCUT2D eigenvalue weighted by molar-refractivity contribution is 5.93. The predicted octanol–water partition coefficient (Wildman–Crippen LogP) is -0.159. The molecule has 4 heteroatoms. The highest BCUT2D eigenvalue weighted by Crippen LogP contribution is 2.17. The molecule has 0 unspecified atom stereocenters. The van der Waals surface area contributed by atoms with Gasteiger partial charge in [-0.1, -0.05) is 0 Å². The minimum absolute atomic E-state index is 0.354. The van der Waals surface area contributed by atoms with Crippen molar-refractivity contribution >= 4 is 11.9 Å². The topological polar surface area (TPSA) is 52.6 Å². The van der Waals surface area contributed by atoms with Crippen LogP contribution in [-0.2, 0) is 19.1 Å². The molecule has 54 valence electrons. The van der Waals surface area contributed by atoms with Gasteiger partial charge in [0.15, 0.2) is 0 Å². The van der Waals surface area contributed by atoms with E-state index in [2.05, 4.69) is 23.3 Å². The third-order valence-corrected chi connectivity index (χ3v) is 0.888. The monoisotopic (exact) mass is 142 g/mol. The molecule has 0 amide bonds. The van der Waals surface area contributed by atoms with Crippen molar-refractivity contribution in [2.24, 2.45) is 0 Å². The zero-order valence-electron chi connectivity index (χ0n) is 5.25. The average molecular weight is 142 g/mol. The summed E-state index contributed by atoms with van der Waals surface area (Å²) in [6.07, 6.45) is -0.354. The third kappa shape index (κ3) is 1.40. The fourth-order valence-corrected chi connectivity index (χ4v) is 0.626. The quantitative estimate of drug-likeness (QED) is 0.268. The molecule has 0 aromatic rings. The molecule has 0 bridgehead atoms. The van der Waals surface area contributed by atoms with Gasteiger partial charge in [-0.25, -0.2) is 6.92 Å². The largest absolute Gasteiger partial charge is 0.411 e. The molecule has 0 saturated carbocycles. The second kappa shape index (κ2) is 1.90. The molecule has 1 rings (SSSR count). The fraction of sp³-hybridized carbons (Fsp3) is 0.333. The normalized spacial score (nSPS) is 23.3. The molecular weight excluding hydrogens is 136 g/mol. The fourth-order valence-electron chi connectivity index (χ4n) is 0.626. The molecule has 0 N–H and O–H groups in total. The SMILES string of the molecule is [CH2+]C1([CH2-])OC(=O)CC(=O)O1. The summed E-state index contributed by atoms with van der Waals surface area (Å²) >= 11 is 0. The Labute approximate surface area is 58.1 Å². The van der Waals surface area contributed by atoms with Gasteiger partial charge in [0.2, 0.25) is 0 Å². The summed E-state index contributed by atoms with van der Waals surface area (Å²) in [6, 6.07) is 0. The Morgan fingerprint density at radius 1 is 1.40 bits per heavy atom. The zero-order chi connectivity index (χ0) is 7.78. The first-order valence-corrected chi connectivity index (χ1v) is 2.64. The van der Waals surface area contributed by atoms with Crippen molar-refractivity contribution in [3.63, 3.8) is 0 Å². The van der Waals surface area contributed by atoms with Gasteiger partial charge in [0, 0.05) is 0 Å². The van der Waals surface area contributed by atoms with E-state index in [1.165, 1.54) is 0 Å². The highest BCUT2D eigenvalue weighted by atomic mass is 16.7. The van der Waals surface area contributed by atoms with Crippen LogP contribution in [0.5, 0.6) is 0 Å². The van der Waals surface area contributed by atoms with E-state index < -0.39 is 17.7 Å². The van der Waals surface area contributed by atoms with Crippen molar-refractivity contribution in [2.75, 3.05) is 0 Å². The van der Waals surface area contributed by atoms with Crippen LogP contribution in [-0.4, -0.2) is 17.7 Å². The Balaban J connectivity index is 2.68. The Hall–Kier alpha value is -1.19. The molecule has 1 aliphatic heterocycles. The van der Waals surface area contributed by atoms with Crippen LogP contribution in [0.2, 0.25) is 0 Å². The van der Waals surface area contributed by atoms with Crippen LogP contribution in [0.25, 0.3) is 0 Å². The van der Waals surface area contributed by atoms with Crippen molar-refractivity contribution in [3.05, 3.63) is 13.8 Å². The van der Waals surface area contributed by atoms with E-state index in [9.17, 15) is 9.59 Å². The van der Waals surface area contributed by atoms with Gasteiger partial charge >= 0.3 is 11.9 Å². The second-order valence-electron chi connectivity index (χ2n) is 2.04. The minimum atomic E-state index is -1.58. The number of carbonyl (C=O) groups excluding carboxylic acids is 2. The molecule has 1 saturated heterocycles. The van der Waals surface area contributed by atoms with Gasteiger partial charge < -0.3 is 9.47 Å². The number of cyclic esters (lactones) is 2. The lowest BCUT2D eigenvalue weighted by Gasteiger charge is -2.28. The molecule has 0 aliphatic carbocycles. The molecular formula is C6H6O4. The van der Waals surface area contributed by atoms with Crippen molar-refractivity contribution in [3.8, 4) is 0 Å². The summed E-state index contributed by atoms with van der Waals surface area (Å²) in [6.45, 7) is 6.47. The van der Waals surface area contributed by atoms with E-state index in [1.807, 2.05) is 0 Å². The van der Waals surface area contributed by atoms with Gasteiger partial charge in [-0.3, -0.25) is 9.59 Å². The van der Waals surface area contributed by atoms with Crippen LogP contribution in [0.15, 0.2) is 0 Å². The standard InChI is InChI=1S/C6H6O4/c1-6(2)9-4(7)3-5(8)10-6/h1-3H2. The Morgan fingerprint density at radius 3 is 2.10 bits per heavy atom. The maximum atomic E-state index is 10.5. The second-order valence-corrected chi connectivity index (χ2v) is 2.04. The molecule has 1 fully saturated rings. The van der Waals surface area contributed by atoms with E-state index in [0.717, 1.165) is 0 Å². The first-order chi connectivity index (χ1) is 4.49. The van der Waals surface area contributed by atoms with E-state index in [-0.39, 0.29) is 6.42 Å². The van der Waals surface area contributed by atoms with Gasteiger partial charge in [0.05, 0.1) is 0 Å². The van der Waals surface area contributed by atoms with Crippen LogP contribution in [0, 0.1) is 13.8 Å². The lowest BCUT2D eigenvalue weighted by atomic mass is 10.3. The smallest absolute Gasteiger partial charge is 0.321 e. The predicted molar refractivity (Wildman–Crippen MR) is 30.2 cm³/mol. The molecule has 0 aromatic heterocycles. The number of esters is 2. The highest BCUT2D eigenvalue weighted by Gasteiger charge is 2.34. The van der Waals surface area contributed by atoms with Crippen molar-refractivity contribution in [2.45, 2.75) is 12.2 Å². The molecule has 0 radical (unpaired) electrons. The Bertz CT molecular complexity index is 164. The van der Waals surface area contributed by atoms with Gasteiger partial charge in [-0.2, -0.15) is 0 Å². The van der Waals surface area contributed by atoms with E-state index in [4.69, 9.17) is 0 Å². The minimum Gasteiger partial charge on any atom is -0.411 e. The summed E-state index contributed by atoms with van der Waals surface area (Å²) in [5.41, 5.74) is 0. The van der Waals surface area contributed by atoms with Crippen molar-refractivity contribution in [1.29, 1.82) is 0 Å². The summed E-state index contributed by atoms with van der Waals surface area (Å²) in [4.78, 5) is 21.0. The Kier molecular flexibility index (Phi) is 1.31. The van der Waals surface area contributed by atoms with Crippen LogP contribution in [0.3, 0.4) is 0 Å². The van der Waals surface area contributed by atoms with Gasteiger partial charge in [0.1, 0.15) is 13.3 Å². The number of ether oxygens (including phenoxy) is 2. The molecule has 10 heavy (non-hydrogen) atoms. The summed E-state index contributed by atoms with van der Waals surface area (Å²) in [5.74, 6) is -2.88. The van der Waals surface area contributed by atoms with E-state index >= 15 is 0 Å². The maximum Gasteiger partial charge on any atom is 0.321 e. The van der Waals surface area contributed by atoms with Crippen LogP contribution in [0.4, 0.5) is 0 Å². The van der Waals surface area contributed by atoms with Crippen LogP contribution < -0.4 is 0 Å². The van der Waals surface area contributed by atoms with Crippen molar-refractivity contribution in [1.82, 2.24) is 0 Å². The van der Waals surface area contributed by atoms with E-state index in [0.29, 0.717) is 0 Å². The van der Waals surface area contributed by atoms with Gasteiger partial charge in [0.25, 0.3) is 5.79 Å². The molecule has 0 aromatic carbocycles. The molecule has 4 nitrogen and oxygen atoms in total. The number of hydrogen-bond donors (Lipinski definition) is 0. The lowest BCUT2D eigenvalue weighted by Crippen LogP contribution is -2.40. The third-order valence-electron chi connectivity index (χ3n) is 0.888. The molecule has 1 heterocycles. The number of rotatable bonds is 0. The summed E-state index contributed by atoms with van der Waals surface area (Å²) in [5, 5.41) is 0. The van der Waals surface area contributed by atoms with Crippen molar-refractivity contribution < 1.29 is 19.1 Å². The molecule has 0 spiro atoms. The lowest BCUT2D eigenvalue weighted by molar-refractivity contribution is -0.215. The molecule has 0 atom stereocenters. The Morgan fingerprint density at radius 2 is 1.80 bits per heavy atom. The van der Waals surface area contributed by atoms with Gasteiger partial charge in [-0.05, 0) is 0 Å². The summed E-state index contributed by atoms with van der Waals surface area (Å²) < 4.78 is 8.88. The van der Waals surface area contributed by atoms with E-state index in [1.54, 1.807) is 0 Å². The number of hydrogen-bond acceptors (Lipinski definition) is 4. The first kappa shape index (κ1) is 6.92. The van der Waals surface area contributed by atoms with Crippen LogP contribution in [0.1, 0.15) is 6.42 Å². The first-order valence-electron chi connectivity index (χ1n) is 2.64. The van der Waals surface area contributed by atoms with Crippen LogP contribution >= 0.6 is 0 Å². The average Bonchev–Trinajstić information content (AvgIpc) is 1.54.